The lowest BCUT2D eigenvalue weighted by Crippen LogP contribution is -2.31. The number of benzene rings is 2. The molecule has 0 bridgehead atoms. The van der Waals surface area contributed by atoms with Gasteiger partial charge in [-0.15, -0.1) is 0 Å². The Morgan fingerprint density at radius 2 is 1.59 bits per heavy atom. The largest absolute Gasteiger partial charge is 0.456 e. The van der Waals surface area contributed by atoms with Crippen LogP contribution < -0.4 is 5.32 Å². The van der Waals surface area contributed by atoms with Crippen LogP contribution in [0.25, 0.3) is 0 Å². The summed E-state index contributed by atoms with van der Waals surface area (Å²) in [6.45, 7) is 7.02. The third kappa shape index (κ3) is 5.17. The number of Topliss-reactive ketones (excluding diaryl/α,β-unsaturated/α-hetero) is 1. The molecule has 0 aromatic heterocycles. The number of esters is 1. The van der Waals surface area contributed by atoms with Gasteiger partial charge in [-0.05, 0) is 74.2 Å². The lowest BCUT2D eigenvalue weighted by molar-refractivity contribution is -0.141. The maximum absolute atomic E-state index is 12.5. The Morgan fingerprint density at radius 1 is 0.963 bits per heavy atom. The summed E-state index contributed by atoms with van der Waals surface area (Å²) in [5.74, 6) is -1.36. The second kappa shape index (κ2) is 8.82. The fraction of sp³-hybridized carbons (Fsp3) is 0.286. The van der Waals surface area contributed by atoms with Gasteiger partial charge in [0.15, 0.2) is 6.61 Å². The summed E-state index contributed by atoms with van der Waals surface area (Å²) in [4.78, 5) is 36.3. The SMILES string of the molecule is Cc1cc(C)c(C(=O)COC(=O)CNC(=O)c2ccc(Cl)cc2)c(C)c1C. The number of hydrogen-bond acceptors (Lipinski definition) is 4. The standard InChI is InChI=1S/C21H22ClNO4/c1-12-9-13(2)20(15(4)14(12)3)18(24)11-27-19(25)10-23-21(26)16-5-7-17(22)8-6-16/h5-9H,10-11H2,1-4H3,(H,23,26). The molecular weight excluding hydrogens is 366 g/mol. The Bertz CT molecular complexity index is 888. The van der Waals surface area contributed by atoms with Gasteiger partial charge >= 0.3 is 5.97 Å². The first-order valence-corrected chi connectivity index (χ1v) is 8.88. The number of ketones is 1. The van der Waals surface area contributed by atoms with E-state index in [9.17, 15) is 14.4 Å². The summed E-state index contributed by atoms with van der Waals surface area (Å²) in [5, 5.41) is 2.97. The lowest BCUT2D eigenvalue weighted by Gasteiger charge is -2.14. The van der Waals surface area contributed by atoms with Crippen LogP contribution in [0.4, 0.5) is 0 Å². The molecule has 2 aromatic rings. The minimum absolute atomic E-state index is 0.259. The zero-order valence-corrected chi connectivity index (χ0v) is 16.6. The third-order valence-corrected chi connectivity index (χ3v) is 4.75. The van der Waals surface area contributed by atoms with Gasteiger partial charge in [-0.3, -0.25) is 14.4 Å². The number of nitrogens with one attached hydrogen (secondary N) is 1. The van der Waals surface area contributed by atoms with E-state index in [-0.39, 0.29) is 18.9 Å². The number of aryl methyl sites for hydroxylation is 2. The Hall–Kier alpha value is -2.66. The van der Waals surface area contributed by atoms with E-state index in [1.54, 1.807) is 24.3 Å². The van der Waals surface area contributed by atoms with Gasteiger partial charge in [0.05, 0.1) is 0 Å². The topological polar surface area (TPSA) is 72.5 Å². The summed E-state index contributed by atoms with van der Waals surface area (Å²) in [5.41, 5.74) is 4.87. The van der Waals surface area contributed by atoms with Gasteiger partial charge < -0.3 is 10.1 Å². The van der Waals surface area contributed by atoms with E-state index in [1.165, 1.54) is 0 Å². The first-order valence-electron chi connectivity index (χ1n) is 8.50. The van der Waals surface area contributed by atoms with Crippen LogP contribution in [-0.4, -0.2) is 30.8 Å². The minimum atomic E-state index is -0.676. The Morgan fingerprint density at radius 3 is 2.22 bits per heavy atom. The molecule has 6 heteroatoms. The molecule has 0 radical (unpaired) electrons. The molecule has 142 valence electrons. The maximum Gasteiger partial charge on any atom is 0.325 e. The number of carbonyl (C=O) groups is 3. The molecule has 0 unspecified atom stereocenters. The number of amides is 1. The quantitative estimate of drug-likeness (QED) is 0.605. The first-order chi connectivity index (χ1) is 12.7. The van der Waals surface area contributed by atoms with Gasteiger partial charge in [0.2, 0.25) is 5.78 Å². The predicted octanol–water partition coefficient (Wildman–Crippen LogP) is 3.73. The molecule has 5 nitrogen and oxygen atoms in total. The highest BCUT2D eigenvalue weighted by molar-refractivity contribution is 6.30. The minimum Gasteiger partial charge on any atom is -0.456 e. The highest BCUT2D eigenvalue weighted by Crippen LogP contribution is 2.22. The van der Waals surface area contributed by atoms with E-state index in [0.29, 0.717) is 16.1 Å². The molecule has 2 rings (SSSR count). The molecule has 1 N–H and O–H groups in total. The van der Waals surface area contributed by atoms with Crippen LogP contribution in [0, 0.1) is 27.7 Å². The van der Waals surface area contributed by atoms with Crippen LogP contribution >= 0.6 is 11.6 Å². The van der Waals surface area contributed by atoms with E-state index in [1.807, 2.05) is 33.8 Å². The number of carbonyl (C=O) groups excluding carboxylic acids is 3. The zero-order chi connectivity index (χ0) is 20.1. The van der Waals surface area contributed by atoms with Crippen molar-refractivity contribution in [2.45, 2.75) is 27.7 Å². The molecule has 0 saturated carbocycles. The molecule has 0 heterocycles. The van der Waals surface area contributed by atoms with E-state index >= 15 is 0 Å². The Kier molecular flexibility index (Phi) is 6.75. The second-order valence-electron chi connectivity index (χ2n) is 6.41. The predicted molar refractivity (Wildman–Crippen MR) is 104 cm³/mol. The molecule has 27 heavy (non-hydrogen) atoms. The molecule has 0 fully saturated rings. The molecular formula is C21H22ClNO4. The van der Waals surface area contributed by atoms with Crippen molar-refractivity contribution in [2.75, 3.05) is 13.2 Å². The first kappa shape index (κ1) is 20.6. The second-order valence-corrected chi connectivity index (χ2v) is 6.85. The van der Waals surface area contributed by atoms with Crippen LogP contribution in [0.1, 0.15) is 43.0 Å². The number of rotatable bonds is 6. The normalized spacial score (nSPS) is 10.4. The smallest absolute Gasteiger partial charge is 0.325 e. The Balaban J connectivity index is 1.90. The lowest BCUT2D eigenvalue weighted by atomic mass is 9.92. The molecule has 0 aliphatic carbocycles. The average Bonchev–Trinajstić information content (AvgIpc) is 2.63. The fourth-order valence-electron chi connectivity index (χ4n) is 2.84. The van der Waals surface area contributed by atoms with E-state index in [4.69, 9.17) is 16.3 Å². The molecule has 0 atom stereocenters. The number of ether oxygens (including phenoxy) is 1. The summed E-state index contributed by atoms with van der Waals surface area (Å²) in [6.07, 6.45) is 0. The van der Waals surface area contributed by atoms with Crippen LogP contribution in [-0.2, 0) is 9.53 Å². The van der Waals surface area contributed by atoms with Gasteiger partial charge in [-0.2, -0.15) is 0 Å². The van der Waals surface area contributed by atoms with Gasteiger partial charge in [-0.1, -0.05) is 17.7 Å². The van der Waals surface area contributed by atoms with Crippen molar-refractivity contribution >= 4 is 29.3 Å². The van der Waals surface area contributed by atoms with E-state index in [2.05, 4.69) is 5.32 Å². The molecule has 0 spiro atoms. The molecule has 0 aliphatic rings. The summed E-state index contributed by atoms with van der Waals surface area (Å²) >= 11 is 5.77. The van der Waals surface area contributed by atoms with Crippen LogP contribution in [0.2, 0.25) is 5.02 Å². The van der Waals surface area contributed by atoms with Crippen molar-refractivity contribution in [3.8, 4) is 0 Å². The van der Waals surface area contributed by atoms with Crippen LogP contribution in [0.15, 0.2) is 30.3 Å². The van der Waals surface area contributed by atoms with Gasteiger partial charge in [0.1, 0.15) is 6.54 Å². The maximum atomic E-state index is 12.5. The van der Waals surface area contributed by atoms with E-state index < -0.39 is 11.9 Å². The molecule has 2 aromatic carbocycles. The molecule has 0 aliphatic heterocycles. The highest BCUT2D eigenvalue weighted by atomic mass is 35.5. The summed E-state index contributed by atoms with van der Waals surface area (Å²) in [7, 11) is 0. The van der Waals surface area contributed by atoms with Crippen molar-refractivity contribution in [1.82, 2.24) is 5.32 Å². The summed E-state index contributed by atoms with van der Waals surface area (Å²) in [6, 6.07) is 8.22. The third-order valence-electron chi connectivity index (χ3n) is 4.50. The fourth-order valence-corrected chi connectivity index (χ4v) is 2.96. The Labute approximate surface area is 163 Å². The van der Waals surface area contributed by atoms with Crippen molar-refractivity contribution in [2.24, 2.45) is 0 Å². The monoisotopic (exact) mass is 387 g/mol. The van der Waals surface area contributed by atoms with Crippen LogP contribution in [0.3, 0.4) is 0 Å². The van der Waals surface area contributed by atoms with Gasteiger partial charge in [-0.25, -0.2) is 0 Å². The summed E-state index contributed by atoms with van der Waals surface area (Å²) < 4.78 is 5.02. The van der Waals surface area contributed by atoms with E-state index in [0.717, 1.165) is 22.3 Å². The van der Waals surface area contributed by atoms with Crippen LogP contribution in [0.5, 0.6) is 0 Å². The van der Waals surface area contributed by atoms with Gasteiger partial charge in [0.25, 0.3) is 5.91 Å². The van der Waals surface area contributed by atoms with Crippen molar-refractivity contribution < 1.29 is 19.1 Å². The average molecular weight is 388 g/mol. The number of hydrogen-bond donors (Lipinski definition) is 1. The van der Waals surface area contributed by atoms with Gasteiger partial charge in [0, 0.05) is 16.1 Å². The molecule has 0 saturated heterocycles. The highest BCUT2D eigenvalue weighted by Gasteiger charge is 2.17. The van der Waals surface area contributed by atoms with Crippen molar-refractivity contribution in [3.63, 3.8) is 0 Å². The molecule has 1 amide bonds. The zero-order valence-electron chi connectivity index (χ0n) is 15.8. The van der Waals surface area contributed by atoms with Crippen molar-refractivity contribution in [3.05, 3.63) is 68.7 Å². The van der Waals surface area contributed by atoms with Crippen molar-refractivity contribution in [1.29, 1.82) is 0 Å². The number of halogens is 1.